The monoisotopic (exact) mass is 247 g/mol. The second-order valence-electron chi connectivity index (χ2n) is 3.75. The van der Waals surface area contributed by atoms with E-state index < -0.39 is 0 Å². The Balaban J connectivity index is 2.87. The first-order chi connectivity index (χ1) is 8.80. The first-order valence-corrected chi connectivity index (χ1v) is 5.70. The Morgan fingerprint density at radius 2 is 1.50 bits per heavy atom. The zero-order valence-electron chi connectivity index (χ0n) is 10.3. The van der Waals surface area contributed by atoms with Crippen molar-refractivity contribution >= 4 is 19.0 Å². The van der Waals surface area contributed by atoms with E-state index >= 15 is 0 Å². The maximum absolute atomic E-state index is 10.3. The summed E-state index contributed by atoms with van der Waals surface area (Å²) in [4.78, 5) is 24.8. The van der Waals surface area contributed by atoms with Gasteiger partial charge in [-0.25, -0.2) is 0 Å². The molecule has 0 aromatic heterocycles. The van der Waals surface area contributed by atoms with Crippen molar-refractivity contribution in [3.63, 3.8) is 0 Å². The SMILES string of the molecule is CC=NCc1cc(CNC=O)cc(CNC=O)c1. The molecule has 0 aliphatic rings. The van der Waals surface area contributed by atoms with Gasteiger partial charge in [0, 0.05) is 13.1 Å². The molecule has 0 saturated carbocycles. The Hall–Kier alpha value is -2.17. The number of aliphatic imine (C=N–C) groups is 1. The number of benzene rings is 1. The van der Waals surface area contributed by atoms with Crippen molar-refractivity contribution in [3.8, 4) is 0 Å². The van der Waals surface area contributed by atoms with E-state index in [0.29, 0.717) is 32.5 Å². The zero-order valence-corrected chi connectivity index (χ0v) is 10.3. The Kier molecular flexibility index (Phi) is 6.17. The van der Waals surface area contributed by atoms with Crippen LogP contribution >= 0.6 is 0 Å². The molecular weight excluding hydrogens is 230 g/mol. The van der Waals surface area contributed by atoms with Crippen LogP contribution in [0.25, 0.3) is 0 Å². The standard InChI is InChI=1S/C13H17N3O2/c1-2-14-6-11-3-12(7-15-9-17)5-13(4-11)8-16-10-18/h2-5,9-10H,6-8H2,1H3,(H,15,17)(H,16,18). The van der Waals surface area contributed by atoms with Gasteiger partial charge in [0.05, 0.1) is 6.54 Å². The van der Waals surface area contributed by atoms with Crippen molar-refractivity contribution in [1.82, 2.24) is 10.6 Å². The summed E-state index contributed by atoms with van der Waals surface area (Å²) in [5.74, 6) is 0. The van der Waals surface area contributed by atoms with Crippen molar-refractivity contribution in [1.29, 1.82) is 0 Å². The third-order valence-electron chi connectivity index (χ3n) is 2.35. The zero-order chi connectivity index (χ0) is 13.2. The van der Waals surface area contributed by atoms with Crippen LogP contribution in [-0.2, 0) is 29.2 Å². The number of rotatable bonds is 8. The van der Waals surface area contributed by atoms with Crippen LogP contribution in [0.4, 0.5) is 0 Å². The number of carbonyl (C=O) groups is 2. The summed E-state index contributed by atoms with van der Waals surface area (Å²) < 4.78 is 0. The highest BCUT2D eigenvalue weighted by molar-refractivity contribution is 5.53. The van der Waals surface area contributed by atoms with E-state index in [4.69, 9.17) is 0 Å². The number of amides is 2. The number of nitrogens with zero attached hydrogens (tertiary/aromatic N) is 1. The molecule has 0 aliphatic heterocycles. The van der Waals surface area contributed by atoms with Gasteiger partial charge >= 0.3 is 0 Å². The first-order valence-electron chi connectivity index (χ1n) is 5.70. The summed E-state index contributed by atoms with van der Waals surface area (Å²) >= 11 is 0. The molecule has 0 bridgehead atoms. The summed E-state index contributed by atoms with van der Waals surface area (Å²) in [6, 6.07) is 5.94. The van der Waals surface area contributed by atoms with E-state index in [1.54, 1.807) is 6.21 Å². The molecule has 1 aromatic rings. The van der Waals surface area contributed by atoms with Gasteiger partial charge in [-0.05, 0) is 29.8 Å². The lowest BCUT2D eigenvalue weighted by Gasteiger charge is -2.08. The second kappa shape index (κ2) is 8.00. The molecule has 1 rings (SSSR count). The molecule has 0 aliphatic carbocycles. The highest BCUT2D eigenvalue weighted by Crippen LogP contribution is 2.11. The summed E-state index contributed by atoms with van der Waals surface area (Å²) in [6.45, 7) is 3.41. The molecule has 5 heteroatoms. The van der Waals surface area contributed by atoms with Crippen molar-refractivity contribution in [2.75, 3.05) is 0 Å². The van der Waals surface area contributed by atoms with E-state index in [1.165, 1.54) is 0 Å². The van der Waals surface area contributed by atoms with Crippen LogP contribution in [0.1, 0.15) is 23.6 Å². The fourth-order valence-electron chi connectivity index (χ4n) is 1.65. The molecule has 96 valence electrons. The summed E-state index contributed by atoms with van der Waals surface area (Å²) in [5, 5.41) is 5.24. The molecule has 18 heavy (non-hydrogen) atoms. The van der Waals surface area contributed by atoms with E-state index in [2.05, 4.69) is 15.6 Å². The average Bonchev–Trinajstić information content (AvgIpc) is 2.40. The van der Waals surface area contributed by atoms with Gasteiger partial charge in [-0.1, -0.05) is 18.2 Å². The van der Waals surface area contributed by atoms with E-state index in [9.17, 15) is 9.59 Å². The molecule has 0 radical (unpaired) electrons. The lowest BCUT2D eigenvalue weighted by Crippen LogP contribution is -2.13. The largest absolute Gasteiger partial charge is 0.355 e. The van der Waals surface area contributed by atoms with E-state index in [0.717, 1.165) is 16.7 Å². The molecule has 0 saturated heterocycles. The first kappa shape index (κ1) is 13.9. The predicted molar refractivity (Wildman–Crippen MR) is 70.1 cm³/mol. The van der Waals surface area contributed by atoms with Crippen LogP contribution in [0.3, 0.4) is 0 Å². The lowest BCUT2D eigenvalue weighted by atomic mass is 10.1. The van der Waals surface area contributed by atoms with Crippen LogP contribution in [-0.4, -0.2) is 19.0 Å². The molecule has 0 heterocycles. The third kappa shape index (κ3) is 4.78. The molecule has 5 nitrogen and oxygen atoms in total. The lowest BCUT2D eigenvalue weighted by molar-refractivity contribution is -0.110. The van der Waals surface area contributed by atoms with Gasteiger partial charge in [0.2, 0.25) is 12.8 Å². The maximum Gasteiger partial charge on any atom is 0.207 e. The summed E-state index contributed by atoms with van der Waals surface area (Å²) in [5.41, 5.74) is 3.04. The van der Waals surface area contributed by atoms with Crippen LogP contribution in [0.5, 0.6) is 0 Å². The van der Waals surface area contributed by atoms with Gasteiger partial charge in [-0.2, -0.15) is 0 Å². The van der Waals surface area contributed by atoms with Crippen LogP contribution in [0, 0.1) is 0 Å². The average molecular weight is 247 g/mol. The molecule has 1 aromatic carbocycles. The van der Waals surface area contributed by atoms with Crippen molar-refractivity contribution < 1.29 is 9.59 Å². The number of nitrogens with one attached hydrogen (secondary N) is 2. The fourth-order valence-corrected chi connectivity index (χ4v) is 1.65. The molecule has 2 N–H and O–H groups in total. The summed E-state index contributed by atoms with van der Waals surface area (Å²) in [6.07, 6.45) is 3.08. The molecular formula is C13H17N3O2. The fraction of sp³-hybridized carbons (Fsp3) is 0.308. The number of carbonyl (C=O) groups excluding carboxylic acids is 2. The van der Waals surface area contributed by atoms with Crippen LogP contribution in [0.2, 0.25) is 0 Å². The van der Waals surface area contributed by atoms with Crippen LogP contribution < -0.4 is 10.6 Å². The number of hydrogen-bond donors (Lipinski definition) is 2. The van der Waals surface area contributed by atoms with Gasteiger partial charge in [0.15, 0.2) is 0 Å². The Morgan fingerprint density at radius 1 is 1.00 bits per heavy atom. The number of hydrogen-bond acceptors (Lipinski definition) is 3. The normalized spacial score (nSPS) is 10.3. The summed E-state index contributed by atoms with van der Waals surface area (Å²) in [7, 11) is 0. The Morgan fingerprint density at radius 3 is 1.94 bits per heavy atom. The Bertz CT molecular complexity index is 400. The predicted octanol–water partition coefficient (Wildman–Crippen LogP) is 0.769. The smallest absolute Gasteiger partial charge is 0.207 e. The highest BCUT2D eigenvalue weighted by Gasteiger charge is 2.01. The molecule has 0 atom stereocenters. The minimum atomic E-state index is 0.473. The van der Waals surface area contributed by atoms with E-state index in [1.807, 2.05) is 25.1 Å². The molecule has 2 amide bonds. The second-order valence-corrected chi connectivity index (χ2v) is 3.75. The third-order valence-corrected chi connectivity index (χ3v) is 2.35. The minimum Gasteiger partial charge on any atom is -0.355 e. The van der Waals surface area contributed by atoms with Gasteiger partial charge in [-0.15, -0.1) is 0 Å². The van der Waals surface area contributed by atoms with Crippen LogP contribution in [0.15, 0.2) is 23.2 Å². The van der Waals surface area contributed by atoms with Crippen molar-refractivity contribution in [2.24, 2.45) is 4.99 Å². The van der Waals surface area contributed by atoms with Gasteiger partial charge in [-0.3, -0.25) is 14.6 Å². The van der Waals surface area contributed by atoms with Crippen molar-refractivity contribution in [3.05, 3.63) is 34.9 Å². The topological polar surface area (TPSA) is 70.6 Å². The molecule has 0 spiro atoms. The van der Waals surface area contributed by atoms with Gasteiger partial charge in [0.1, 0.15) is 0 Å². The van der Waals surface area contributed by atoms with Gasteiger partial charge in [0.25, 0.3) is 0 Å². The quantitative estimate of drug-likeness (QED) is 0.526. The van der Waals surface area contributed by atoms with Crippen molar-refractivity contribution in [2.45, 2.75) is 26.6 Å². The Labute approximate surface area is 106 Å². The van der Waals surface area contributed by atoms with E-state index in [-0.39, 0.29) is 0 Å². The molecule has 0 unspecified atom stereocenters. The minimum absolute atomic E-state index is 0.473. The van der Waals surface area contributed by atoms with Gasteiger partial charge < -0.3 is 10.6 Å². The molecule has 0 fully saturated rings. The maximum atomic E-state index is 10.3. The highest BCUT2D eigenvalue weighted by atomic mass is 16.1.